The summed E-state index contributed by atoms with van der Waals surface area (Å²) in [5, 5.41) is 34.7. The largest absolute Gasteiger partial charge is 1.00 e. The number of phenolic OH excluding ortho intramolecular Hbond substituents is 1. The maximum absolute atomic E-state index is 11.6. The number of ether oxygens (including phenoxy) is 3. The molecular weight excluding hydrogens is 925 g/mol. The van der Waals surface area contributed by atoms with Crippen molar-refractivity contribution in [3.8, 4) is 23.0 Å². The molecule has 0 spiro atoms. The smallest absolute Gasteiger partial charge is 0.870 e. The molecule has 4 rings (SSSR count). The fourth-order valence-electron chi connectivity index (χ4n) is 5.06. The van der Waals surface area contributed by atoms with E-state index in [1.165, 1.54) is 5.56 Å². The SMILES string of the molecule is COc1ccc(C(=O)CCC(=O)O)cc1C.COc1ccc(CCCC(=O)O)cc1C.COc1ccccc1C.Cc1cc(CCCC(=O)O)ccc1O.NN.O.[Cl][Al]([Cl])[Cl].[K+].[OH-]. The molecule has 0 saturated carbocycles. The van der Waals surface area contributed by atoms with E-state index in [-0.39, 0.29) is 99.6 Å². The van der Waals surface area contributed by atoms with Gasteiger partial charge in [0.1, 0.15) is 23.0 Å². The maximum atomic E-state index is 11.6. The number of aliphatic carboxylic acids is 3. The summed E-state index contributed by atoms with van der Waals surface area (Å²) in [7, 11) is 19.7. The van der Waals surface area contributed by atoms with E-state index in [2.05, 4.69) is 11.7 Å². The Morgan fingerprint density at radius 2 is 0.952 bits per heavy atom. The van der Waals surface area contributed by atoms with Gasteiger partial charge in [-0.15, -0.1) is 0 Å². The van der Waals surface area contributed by atoms with Gasteiger partial charge in [-0.3, -0.25) is 30.9 Å². The molecule has 11 N–H and O–H groups in total. The Labute approximate surface area is 430 Å². The molecule has 0 atom stereocenters. The topological polar surface area (TPSA) is 290 Å². The number of ketones is 1. The number of Topliss-reactive ketones (excluding diaryl/α,β-unsaturated/α-hetero) is 1. The molecule has 0 saturated heterocycles. The third-order valence-corrected chi connectivity index (χ3v) is 8.03. The minimum absolute atomic E-state index is 0. The second kappa shape index (κ2) is 41.7. The van der Waals surface area contributed by atoms with Crippen LogP contribution in [-0.4, -0.2) is 87.8 Å². The second-order valence-corrected chi connectivity index (χ2v) is 19.1. The number of carboxylic acid groups (broad SMARTS) is 3. The Balaban J connectivity index is -0.000000227. The summed E-state index contributed by atoms with van der Waals surface area (Å²) < 4.78 is 15.3. The van der Waals surface area contributed by atoms with E-state index in [1.807, 2.05) is 82.3 Å². The standard InChI is InChI=1S/C12H14O4.C12H16O3.C11H14O3.C8H10O.Al.3ClH.K.H4N2.2H2O/c1-8-7-9(3-5-11(8)16-2)10(13)4-6-12(14)15;1-9-8-10(4-3-5-12(13)14)6-7-11(9)15-2;1-8-7-9(5-6-10(8)12)3-2-4-11(13)14;1-7-5-3-4-6-8(7)9-2;;;;;;1-2;;/h3,5,7H,4,6H2,1-2H3,(H,14,15);6-8H,3-5H2,1-2H3,(H,13,14);5-7,12H,2-4H2,1H3,(H,13,14);3-6H,1-2H3;;3*1H;;1-2H2;2*1H2/q;;;;+3;;;;+1;;;/p-4. The molecule has 0 aliphatic heterocycles. The van der Waals surface area contributed by atoms with Crippen molar-refractivity contribution in [1.82, 2.24) is 0 Å². The molecule has 63 heavy (non-hydrogen) atoms. The summed E-state index contributed by atoms with van der Waals surface area (Å²) >= 11 is -1.72. The van der Waals surface area contributed by atoms with Gasteiger partial charge in [0.2, 0.25) is 0 Å². The van der Waals surface area contributed by atoms with Gasteiger partial charge < -0.3 is 45.6 Å². The number of aryl methyl sites for hydroxylation is 6. The molecule has 346 valence electrons. The van der Waals surface area contributed by atoms with E-state index in [9.17, 15) is 24.3 Å². The number of nitrogens with two attached hydrogens (primary N) is 2. The molecule has 0 radical (unpaired) electrons. The zero-order valence-electron chi connectivity index (χ0n) is 37.1. The number of halogens is 3. The molecule has 0 heterocycles. The van der Waals surface area contributed by atoms with E-state index < -0.39 is 29.3 Å². The van der Waals surface area contributed by atoms with Crippen LogP contribution in [0.2, 0.25) is 0 Å². The number of benzene rings is 4. The number of carbonyl (C=O) groups excluding carboxylic acids is 1. The van der Waals surface area contributed by atoms with Crippen LogP contribution in [-0.2, 0) is 27.2 Å². The molecule has 4 aromatic carbocycles. The molecular formula is C43H61AlCl3KN2O13. The van der Waals surface area contributed by atoms with Crippen LogP contribution in [0, 0.1) is 27.7 Å². The molecule has 0 aliphatic carbocycles. The summed E-state index contributed by atoms with van der Waals surface area (Å²) in [6, 6.07) is 24.3. The van der Waals surface area contributed by atoms with Crippen molar-refractivity contribution in [1.29, 1.82) is 0 Å². The molecule has 4 aromatic rings. The molecule has 0 unspecified atom stereocenters. The Morgan fingerprint density at radius 1 is 0.571 bits per heavy atom. The van der Waals surface area contributed by atoms with Crippen LogP contribution in [0.4, 0.5) is 0 Å². The van der Waals surface area contributed by atoms with Gasteiger partial charge in [-0.05, 0) is 123 Å². The van der Waals surface area contributed by atoms with Crippen LogP contribution in [0.1, 0.15) is 82.3 Å². The fraction of sp³-hybridized carbons (Fsp3) is 0.349. The van der Waals surface area contributed by atoms with Gasteiger partial charge in [0.25, 0.3) is 0 Å². The first-order valence-corrected chi connectivity index (χ1v) is 23.7. The third kappa shape index (κ3) is 35.0. The molecule has 15 nitrogen and oxygen atoms in total. The van der Waals surface area contributed by atoms with Gasteiger partial charge in [-0.1, -0.05) is 42.5 Å². The zero-order chi connectivity index (χ0) is 46.2. The minimum atomic E-state index is -1.72. The first-order chi connectivity index (χ1) is 28.3. The van der Waals surface area contributed by atoms with Crippen LogP contribution in [0.5, 0.6) is 23.0 Å². The second-order valence-electron chi connectivity index (χ2n) is 12.6. The van der Waals surface area contributed by atoms with Crippen molar-refractivity contribution in [2.45, 2.75) is 79.1 Å². The van der Waals surface area contributed by atoms with Crippen LogP contribution >= 0.6 is 30.1 Å². The number of carbonyl (C=O) groups is 4. The fourth-order valence-corrected chi connectivity index (χ4v) is 5.06. The van der Waals surface area contributed by atoms with Gasteiger partial charge in [0.05, 0.1) is 27.8 Å². The van der Waals surface area contributed by atoms with Crippen LogP contribution < -0.4 is 77.3 Å². The number of rotatable bonds is 15. The van der Waals surface area contributed by atoms with Crippen molar-refractivity contribution in [3.05, 3.63) is 118 Å². The Hall–Kier alpha value is -2.96. The summed E-state index contributed by atoms with van der Waals surface area (Å²) in [6.45, 7) is 7.68. The first-order valence-electron chi connectivity index (χ1n) is 18.4. The Bertz CT molecular complexity index is 1890. The van der Waals surface area contributed by atoms with E-state index in [0.717, 1.165) is 57.9 Å². The van der Waals surface area contributed by atoms with E-state index in [0.29, 0.717) is 18.4 Å². The van der Waals surface area contributed by atoms with Crippen molar-refractivity contribution < 1.29 is 116 Å². The predicted molar refractivity (Wildman–Crippen MR) is 246 cm³/mol. The number of hydrogen-bond donors (Lipinski definition) is 6. The monoisotopic (exact) mass is 984 g/mol. The molecule has 0 aromatic heterocycles. The van der Waals surface area contributed by atoms with Crippen molar-refractivity contribution >= 4 is 65.2 Å². The number of phenols is 1. The molecule has 0 bridgehead atoms. The average molecular weight is 986 g/mol. The van der Waals surface area contributed by atoms with Crippen molar-refractivity contribution in [2.24, 2.45) is 11.7 Å². The number of aromatic hydroxyl groups is 1. The normalized spacial score (nSPS) is 8.95. The molecule has 0 aliphatic rings. The number of para-hydroxylation sites is 1. The number of carboxylic acids is 3. The Kier molecular flexibility index (Phi) is 45.8. The van der Waals surface area contributed by atoms with Gasteiger partial charge in [0.15, 0.2) is 5.78 Å². The average Bonchev–Trinajstić information content (AvgIpc) is 3.19. The molecule has 0 fully saturated rings. The van der Waals surface area contributed by atoms with E-state index >= 15 is 0 Å². The van der Waals surface area contributed by atoms with Gasteiger partial charge >= 0.3 is 80.7 Å². The van der Waals surface area contributed by atoms with Crippen molar-refractivity contribution in [3.63, 3.8) is 0 Å². The van der Waals surface area contributed by atoms with Crippen LogP contribution in [0.15, 0.2) is 78.9 Å². The van der Waals surface area contributed by atoms with Gasteiger partial charge in [-0.25, -0.2) is 30.1 Å². The van der Waals surface area contributed by atoms with Crippen molar-refractivity contribution in [2.75, 3.05) is 21.3 Å². The first kappa shape index (κ1) is 69.1. The predicted octanol–water partition coefficient (Wildman–Crippen LogP) is 5.08. The summed E-state index contributed by atoms with van der Waals surface area (Å²) in [6.07, 6.45) is 3.18. The molecule has 20 heteroatoms. The quantitative estimate of drug-likeness (QED) is 0.0392. The van der Waals surface area contributed by atoms with E-state index in [4.69, 9.17) is 59.7 Å². The van der Waals surface area contributed by atoms with Gasteiger partial charge in [0, 0.05) is 24.8 Å². The Morgan fingerprint density at radius 3 is 1.32 bits per heavy atom. The number of hydrazine groups is 1. The van der Waals surface area contributed by atoms with Crippen LogP contribution in [0.3, 0.4) is 0 Å². The summed E-state index contributed by atoms with van der Waals surface area (Å²) in [5.74, 6) is 8.21. The zero-order valence-corrected chi connectivity index (χ0v) is 43.7. The number of methoxy groups -OCH3 is 3. The van der Waals surface area contributed by atoms with Gasteiger partial charge in [-0.2, -0.15) is 0 Å². The third-order valence-electron chi connectivity index (χ3n) is 8.03. The van der Waals surface area contributed by atoms with Crippen LogP contribution in [0.25, 0.3) is 0 Å². The summed E-state index contributed by atoms with van der Waals surface area (Å²) in [5.41, 5.74) is 6.72. The minimum Gasteiger partial charge on any atom is -0.870 e. The summed E-state index contributed by atoms with van der Waals surface area (Å²) in [4.78, 5) is 42.5. The maximum Gasteiger partial charge on any atom is 1.00 e. The number of hydrogen-bond acceptors (Lipinski definition) is 11. The molecule has 0 amide bonds. The van der Waals surface area contributed by atoms with E-state index in [1.54, 1.807) is 45.6 Å².